The van der Waals surface area contributed by atoms with Crippen LogP contribution in [0.25, 0.3) is 0 Å². The molecule has 0 aliphatic carbocycles. The molecule has 0 radical (unpaired) electrons. The summed E-state index contributed by atoms with van der Waals surface area (Å²) in [5.41, 5.74) is 0. The zero-order chi connectivity index (χ0) is 33.2. The van der Waals surface area contributed by atoms with Crippen LogP contribution in [0, 0.1) is 0 Å². The molecule has 0 fully saturated rings. The maximum absolute atomic E-state index is 11.8. The van der Waals surface area contributed by atoms with Gasteiger partial charge in [-0.25, -0.2) is 17.4 Å². The fourth-order valence-electron chi connectivity index (χ4n) is 5.23. The van der Waals surface area contributed by atoms with E-state index in [1.165, 1.54) is 128 Å². The average Bonchev–Trinajstić information content (AvgIpc) is 3.00. The van der Waals surface area contributed by atoms with Crippen LogP contribution in [0.4, 0.5) is 0 Å². The van der Waals surface area contributed by atoms with E-state index in [4.69, 9.17) is 8.37 Å². The first-order valence-electron chi connectivity index (χ1n) is 18.6. The molecule has 0 rings (SSSR count). The summed E-state index contributed by atoms with van der Waals surface area (Å²) in [6, 6.07) is 0. The highest BCUT2D eigenvalue weighted by molar-refractivity contribution is 7.82. The minimum atomic E-state index is -4.31. The van der Waals surface area contributed by atoms with Crippen molar-refractivity contribution < 1.29 is 38.6 Å². The Balaban J connectivity index is 3.50. The monoisotopic (exact) mass is 686 g/mol. The third-order valence-electron chi connectivity index (χ3n) is 7.98. The van der Waals surface area contributed by atoms with Crippen molar-refractivity contribution in [2.75, 3.05) is 26.4 Å². The Hall–Kier alpha value is -0.300. The van der Waals surface area contributed by atoms with Crippen LogP contribution in [0.3, 0.4) is 0 Å². The van der Waals surface area contributed by atoms with E-state index >= 15 is 0 Å². The molecule has 45 heavy (non-hydrogen) atoms. The van der Waals surface area contributed by atoms with E-state index in [-0.39, 0.29) is 13.2 Å². The molecule has 272 valence electrons. The van der Waals surface area contributed by atoms with Gasteiger partial charge in [0.15, 0.2) is 0 Å². The van der Waals surface area contributed by atoms with E-state index in [0.29, 0.717) is 12.8 Å². The van der Waals surface area contributed by atoms with Gasteiger partial charge in [0, 0.05) is 0 Å². The van der Waals surface area contributed by atoms with Gasteiger partial charge < -0.3 is 0 Å². The zero-order valence-electron chi connectivity index (χ0n) is 29.1. The van der Waals surface area contributed by atoms with Crippen LogP contribution in [0.15, 0.2) is 0 Å². The van der Waals surface area contributed by atoms with Crippen LogP contribution in [0.2, 0.25) is 0 Å². The van der Waals surface area contributed by atoms with Crippen molar-refractivity contribution in [2.45, 2.75) is 194 Å². The zero-order valence-corrected chi connectivity index (χ0v) is 30.8. The van der Waals surface area contributed by atoms with Crippen molar-refractivity contribution in [3.8, 4) is 0 Å². The second-order valence-corrected chi connectivity index (χ2v) is 14.8. The molecule has 0 aromatic heterocycles. The molecule has 0 aromatic carbocycles. The molecule has 0 spiro atoms. The first kappa shape index (κ1) is 44.7. The molecular weight excluding hydrogens is 616 g/mol. The third-order valence-corrected chi connectivity index (χ3v) is 9.61. The second kappa shape index (κ2) is 33.6. The third kappa shape index (κ3) is 36.4. The summed E-state index contributed by atoms with van der Waals surface area (Å²) >= 11 is 0. The van der Waals surface area contributed by atoms with Gasteiger partial charge in [0.2, 0.25) is 0 Å². The van der Waals surface area contributed by atoms with E-state index in [0.717, 1.165) is 38.5 Å². The van der Waals surface area contributed by atoms with Crippen molar-refractivity contribution in [3.05, 3.63) is 0 Å². The van der Waals surface area contributed by atoms with E-state index in [1.54, 1.807) is 0 Å². The van der Waals surface area contributed by atoms with Gasteiger partial charge in [0.25, 0.3) is 0 Å². The molecule has 11 heteroatoms. The molecule has 0 N–H and O–H groups in total. The summed E-state index contributed by atoms with van der Waals surface area (Å²) in [7, 11) is -8.48. The predicted molar refractivity (Wildman–Crippen MR) is 183 cm³/mol. The summed E-state index contributed by atoms with van der Waals surface area (Å²) in [5, 5.41) is 0. The van der Waals surface area contributed by atoms with Crippen molar-refractivity contribution in [2.24, 2.45) is 0 Å². The lowest BCUT2D eigenvalue weighted by Crippen LogP contribution is -2.17. The Labute approximate surface area is 278 Å². The molecule has 0 bridgehead atoms. The Bertz CT molecular complexity index is 738. The van der Waals surface area contributed by atoms with Crippen molar-refractivity contribution >= 4 is 20.8 Å². The van der Waals surface area contributed by atoms with Crippen LogP contribution in [0.1, 0.15) is 194 Å². The highest BCUT2D eigenvalue weighted by Crippen LogP contribution is 2.15. The first-order valence-corrected chi connectivity index (χ1v) is 21.2. The molecule has 0 heterocycles. The van der Waals surface area contributed by atoms with Gasteiger partial charge in [-0.05, 0) is 12.8 Å². The lowest BCUT2D eigenvalue weighted by atomic mass is 10.0. The standard InChI is InChI=1S/C34H70O9S2/c1-3-5-7-9-11-13-15-17-19-21-23-25-27-29-31-40-44(35,36)42-34-33-39-43-45(37,38)41-32-30-28-26-24-22-20-18-16-14-12-10-8-6-4-2/h3-34H2,1-2H3. The number of unbranched alkanes of at least 4 members (excludes halogenated alkanes) is 26. The minimum absolute atomic E-state index is 0.0156. The molecule has 0 unspecified atom stereocenters. The summed E-state index contributed by atoms with van der Waals surface area (Å²) in [4.78, 5) is 4.54. The molecule has 0 saturated carbocycles. The highest BCUT2D eigenvalue weighted by atomic mass is 32.3. The van der Waals surface area contributed by atoms with Gasteiger partial charge in [-0.15, -0.1) is 0 Å². The molecule has 0 saturated heterocycles. The van der Waals surface area contributed by atoms with Gasteiger partial charge in [-0.3, -0.25) is 0 Å². The maximum Gasteiger partial charge on any atom is 0.426 e. The van der Waals surface area contributed by atoms with E-state index < -0.39 is 34.0 Å². The van der Waals surface area contributed by atoms with Crippen molar-refractivity contribution in [1.29, 1.82) is 0 Å². The van der Waals surface area contributed by atoms with E-state index in [1.807, 2.05) is 0 Å². The largest absolute Gasteiger partial charge is 0.426 e. The van der Waals surface area contributed by atoms with Gasteiger partial charge in [-0.2, -0.15) is 16.8 Å². The van der Waals surface area contributed by atoms with Crippen molar-refractivity contribution in [3.63, 3.8) is 0 Å². The fraction of sp³-hybridized carbons (Fsp3) is 1.00. The molecule has 0 atom stereocenters. The van der Waals surface area contributed by atoms with Gasteiger partial charge in [0.05, 0.1) is 19.8 Å². The lowest BCUT2D eigenvalue weighted by Gasteiger charge is -2.07. The van der Waals surface area contributed by atoms with Crippen LogP contribution in [-0.4, -0.2) is 43.3 Å². The van der Waals surface area contributed by atoms with Crippen LogP contribution in [0.5, 0.6) is 0 Å². The molecular formula is C34H70O9S2. The normalized spacial score (nSPS) is 12.3. The smallest absolute Gasteiger partial charge is 0.248 e. The molecule has 9 nitrogen and oxygen atoms in total. The first-order chi connectivity index (χ1) is 21.8. The van der Waals surface area contributed by atoms with Gasteiger partial charge in [-0.1, -0.05) is 185 Å². The number of hydrogen-bond donors (Lipinski definition) is 0. The molecule has 0 aromatic rings. The van der Waals surface area contributed by atoms with E-state index in [9.17, 15) is 16.8 Å². The quantitative estimate of drug-likeness (QED) is 0.0355. The van der Waals surface area contributed by atoms with Crippen molar-refractivity contribution in [1.82, 2.24) is 0 Å². The number of rotatable bonds is 38. The topological polar surface area (TPSA) is 114 Å². The van der Waals surface area contributed by atoms with Gasteiger partial charge in [0.1, 0.15) is 6.61 Å². The average molecular weight is 687 g/mol. The summed E-state index contributed by atoms with van der Waals surface area (Å²) in [6.07, 6.45) is 33.9. The summed E-state index contributed by atoms with van der Waals surface area (Å²) < 4.78 is 65.6. The molecule has 0 aliphatic rings. The minimum Gasteiger partial charge on any atom is -0.248 e. The Morgan fingerprint density at radius 2 is 0.578 bits per heavy atom. The van der Waals surface area contributed by atoms with Crippen LogP contribution in [-0.2, 0) is 42.6 Å². The maximum atomic E-state index is 11.8. The fourth-order valence-corrected chi connectivity index (χ4v) is 6.44. The number of hydrogen-bond acceptors (Lipinski definition) is 9. The Morgan fingerprint density at radius 3 is 0.911 bits per heavy atom. The van der Waals surface area contributed by atoms with Gasteiger partial charge >= 0.3 is 20.8 Å². The van der Waals surface area contributed by atoms with E-state index in [2.05, 4.69) is 27.3 Å². The predicted octanol–water partition coefficient (Wildman–Crippen LogP) is 10.4. The summed E-state index contributed by atoms with van der Waals surface area (Å²) in [6.45, 7) is 3.71. The van der Waals surface area contributed by atoms with Crippen LogP contribution < -0.4 is 0 Å². The Morgan fingerprint density at radius 1 is 0.311 bits per heavy atom. The second-order valence-electron chi connectivity index (χ2n) is 12.4. The highest BCUT2D eigenvalue weighted by Gasteiger charge is 2.15. The SMILES string of the molecule is CCCCCCCCCCCCCCCCOS(=O)(=O)OCCOOS(=O)(=O)OCCCCCCCCCCCCCCCC. The lowest BCUT2D eigenvalue weighted by molar-refractivity contribution is -0.213. The van der Waals surface area contributed by atoms with Crippen LogP contribution >= 0.6 is 0 Å². The molecule has 0 amide bonds. The Kier molecular flexibility index (Phi) is 33.4. The summed E-state index contributed by atoms with van der Waals surface area (Å²) in [5.74, 6) is 0. The molecule has 0 aliphatic heterocycles.